The van der Waals surface area contributed by atoms with Gasteiger partial charge >= 0.3 is 11.6 Å². The second-order valence-electron chi connectivity index (χ2n) is 8.98. The molecule has 0 atom stereocenters. The Bertz CT molecular complexity index is 1380. The Balaban J connectivity index is 1.93. The van der Waals surface area contributed by atoms with Crippen molar-refractivity contribution < 1.29 is 14.3 Å². The number of fused-ring (bicyclic) bond motifs is 1. The van der Waals surface area contributed by atoms with Gasteiger partial charge in [-0.15, -0.1) is 0 Å². The molecule has 0 aliphatic carbocycles. The first-order valence-electron chi connectivity index (χ1n) is 12.9. The number of unbranched alkanes of at least 4 members (excludes halogenated alkanes) is 2. The minimum Gasteiger partial charge on any atom is -0.477 e. The third kappa shape index (κ3) is 6.98. The third-order valence-corrected chi connectivity index (χ3v) is 6.36. The number of carboxylic acid groups (broad SMARTS) is 1. The monoisotopic (exact) mass is 498 g/mol. The summed E-state index contributed by atoms with van der Waals surface area (Å²) < 4.78 is 5.79. The molecule has 0 aliphatic heterocycles. The number of rotatable bonds is 12. The lowest BCUT2D eigenvalue weighted by molar-refractivity contribution is -0.132. The Labute approximate surface area is 218 Å². The van der Waals surface area contributed by atoms with Crippen LogP contribution in [0.3, 0.4) is 0 Å². The minimum absolute atomic E-state index is 0.327. The Morgan fingerprint density at radius 3 is 2.22 bits per heavy atom. The van der Waals surface area contributed by atoms with E-state index in [-0.39, 0.29) is 11.2 Å². The normalized spacial score (nSPS) is 11.7. The quantitative estimate of drug-likeness (QED) is 0.165. The van der Waals surface area contributed by atoms with Crippen LogP contribution in [0.25, 0.3) is 29.2 Å². The Kier molecular flexibility index (Phi) is 9.85. The number of hydrogen-bond acceptors (Lipinski definition) is 5. The lowest BCUT2D eigenvalue weighted by Crippen LogP contribution is -2.25. The Hall–Kier alpha value is -4.11. The van der Waals surface area contributed by atoms with E-state index in [0.29, 0.717) is 23.1 Å². The van der Waals surface area contributed by atoms with Crippen molar-refractivity contribution in [1.29, 1.82) is 5.26 Å². The van der Waals surface area contributed by atoms with Crippen molar-refractivity contribution in [2.75, 3.05) is 18.0 Å². The molecule has 0 fully saturated rings. The summed E-state index contributed by atoms with van der Waals surface area (Å²) in [6.07, 6.45) is 10.1. The number of carboxylic acids is 1. The molecule has 3 rings (SSSR count). The summed E-state index contributed by atoms with van der Waals surface area (Å²) >= 11 is 0. The fraction of sp³-hybridized carbons (Fsp3) is 0.323. The van der Waals surface area contributed by atoms with Crippen LogP contribution in [0, 0.1) is 11.3 Å². The predicted molar refractivity (Wildman–Crippen MR) is 150 cm³/mol. The molecule has 0 spiro atoms. The number of aryl methyl sites for hydroxylation is 1. The number of hydrogen-bond donors (Lipinski definition) is 1. The average molecular weight is 499 g/mol. The van der Waals surface area contributed by atoms with Gasteiger partial charge in [-0.05, 0) is 60.2 Å². The summed E-state index contributed by atoms with van der Waals surface area (Å²) in [5, 5.41) is 18.9. The predicted octanol–water partition coefficient (Wildman–Crippen LogP) is 6.92. The highest BCUT2D eigenvalue weighted by atomic mass is 16.4. The molecule has 0 saturated carbocycles. The van der Waals surface area contributed by atoms with Gasteiger partial charge in [-0.3, -0.25) is 0 Å². The van der Waals surface area contributed by atoms with Crippen LogP contribution in [0.1, 0.15) is 68.7 Å². The molecule has 3 aromatic rings. The molecule has 6 nitrogen and oxygen atoms in total. The van der Waals surface area contributed by atoms with Gasteiger partial charge in [0.2, 0.25) is 0 Å². The van der Waals surface area contributed by atoms with Crippen molar-refractivity contribution in [2.24, 2.45) is 0 Å². The maximum Gasteiger partial charge on any atom is 0.346 e. The van der Waals surface area contributed by atoms with Gasteiger partial charge in [0.15, 0.2) is 0 Å². The SMILES string of the molecule is CCCCN(CCCC)c1ccc2c(CC)c(/C=C/c3ccc(/C=C(/C#N)C(=O)O)cc3)c(=O)oc2c1. The fourth-order valence-corrected chi connectivity index (χ4v) is 4.27. The molecule has 37 heavy (non-hydrogen) atoms. The van der Waals surface area contributed by atoms with E-state index in [2.05, 4.69) is 30.9 Å². The van der Waals surface area contributed by atoms with Crippen molar-refractivity contribution in [2.45, 2.75) is 52.9 Å². The molecular formula is C31H34N2O4. The van der Waals surface area contributed by atoms with Crippen LogP contribution in [0.2, 0.25) is 0 Å². The van der Waals surface area contributed by atoms with Crippen LogP contribution in [-0.4, -0.2) is 24.2 Å². The minimum atomic E-state index is -1.26. The Morgan fingerprint density at radius 2 is 1.65 bits per heavy atom. The topological polar surface area (TPSA) is 94.5 Å². The summed E-state index contributed by atoms with van der Waals surface area (Å²) in [6.45, 7) is 8.38. The first-order valence-corrected chi connectivity index (χ1v) is 12.9. The van der Waals surface area contributed by atoms with Gasteiger partial charge in [-0.2, -0.15) is 5.26 Å². The van der Waals surface area contributed by atoms with Gasteiger partial charge in [-0.1, -0.05) is 64.0 Å². The molecule has 0 saturated heterocycles. The molecule has 1 N–H and O–H groups in total. The van der Waals surface area contributed by atoms with Crippen LogP contribution in [0.15, 0.2) is 57.2 Å². The van der Waals surface area contributed by atoms with Crippen LogP contribution in [0.4, 0.5) is 5.69 Å². The molecule has 1 aromatic heterocycles. The maximum atomic E-state index is 13.0. The average Bonchev–Trinajstić information content (AvgIpc) is 2.90. The largest absolute Gasteiger partial charge is 0.477 e. The van der Waals surface area contributed by atoms with E-state index < -0.39 is 5.97 Å². The molecule has 0 amide bonds. The van der Waals surface area contributed by atoms with Crippen LogP contribution in [-0.2, 0) is 11.2 Å². The van der Waals surface area contributed by atoms with E-state index >= 15 is 0 Å². The van der Waals surface area contributed by atoms with Crippen LogP contribution in [0.5, 0.6) is 0 Å². The molecule has 2 aromatic carbocycles. The summed E-state index contributed by atoms with van der Waals surface area (Å²) in [6, 6.07) is 14.9. The summed E-state index contributed by atoms with van der Waals surface area (Å²) in [5.74, 6) is -1.26. The third-order valence-electron chi connectivity index (χ3n) is 6.36. The number of aliphatic carboxylic acids is 1. The first-order chi connectivity index (χ1) is 17.9. The van der Waals surface area contributed by atoms with Crippen LogP contribution < -0.4 is 10.5 Å². The molecular weight excluding hydrogens is 464 g/mol. The van der Waals surface area contributed by atoms with E-state index in [9.17, 15) is 9.59 Å². The summed E-state index contributed by atoms with van der Waals surface area (Å²) in [4.78, 5) is 26.4. The highest BCUT2D eigenvalue weighted by molar-refractivity contribution is 5.96. The zero-order valence-electron chi connectivity index (χ0n) is 21.8. The van der Waals surface area contributed by atoms with Gasteiger partial charge in [0.05, 0.1) is 5.56 Å². The smallest absolute Gasteiger partial charge is 0.346 e. The van der Waals surface area contributed by atoms with E-state index in [4.69, 9.17) is 14.8 Å². The zero-order chi connectivity index (χ0) is 26.8. The highest BCUT2D eigenvalue weighted by Crippen LogP contribution is 2.27. The van der Waals surface area contributed by atoms with Gasteiger partial charge in [0.25, 0.3) is 0 Å². The second-order valence-corrected chi connectivity index (χ2v) is 8.98. The number of benzene rings is 2. The number of nitrogens with zero attached hydrogens (tertiary/aromatic N) is 2. The number of carbonyl (C=O) groups is 1. The maximum absolute atomic E-state index is 13.0. The zero-order valence-corrected chi connectivity index (χ0v) is 21.8. The first kappa shape index (κ1) is 27.5. The van der Waals surface area contributed by atoms with Crippen LogP contribution >= 0.6 is 0 Å². The fourth-order valence-electron chi connectivity index (χ4n) is 4.27. The summed E-state index contributed by atoms with van der Waals surface area (Å²) in [5.41, 5.74) is 3.92. The lowest BCUT2D eigenvalue weighted by atomic mass is 10.0. The van der Waals surface area contributed by atoms with Crippen molar-refractivity contribution in [3.63, 3.8) is 0 Å². The molecule has 0 aliphatic rings. The van der Waals surface area contributed by atoms with Crippen molar-refractivity contribution in [3.8, 4) is 6.07 Å². The Morgan fingerprint density at radius 1 is 1.00 bits per heavy atom. The van der Waals surface area contributed by atoms with Crippen molar-refractivity contribution in [3.05, 3.63) is 80.7 Å². The van der Waals surface area contributed by atoms with E-state index in [1.54, 1.807) is 36.4 Å². The van der Waals surface area contributed by atoms with Crippen molar-refractivity contribution >= 4 is 40.9 Å². The molecule has 192 valence electrons. The second kappa shape index (κ2) is 13.3. The van der Waals surface area contributed by atoms with E-state index in [0.717, 1.165) is 61.0 Å². The standard InChI is InChI=1S/C31H34N2O4/c1-4-7-17-33(18-8-5-2)25-14-16-27-26(6-3)28(31(36)37-29(27)20-25)15-13-22-9-11-23(12-10-22)19-24(21-32)30(34)35/h9-16,19-20H,4-8,17-18H2,1-3H3,(H,34,35)/b15-13+,24-19-. The molecule has 0 unspecified atom stereocenters. The van der Waals surface area contributed by atoms with Gasteiger partial charge in [0.1, 0.15) is 17.2 Å². The van der Waals surface area contributed by atoms with E-state index in [1.165, 1.54) is 6.08 Å². The van der Waals surface area contributed by atoms with Gasteiger partial charge in [0, 0.05) is 30.2 Å². The lowest BCUT2D eigenvalue weighted by Gasteiger charge is -2.25. The molecule has 1 heterocycles. The van der Waals surface area contributed by atoms with Gasteiger partial charge in [-0.25, -0.2) is 9.59 Å². The van der Waals surface area contributed by atoms with Gasteiger partial charge < -0.3 is 14.4 Å². The highest BCUT2D eigenvalue weighted by Gasteiger charge is 2.14. The number of nitriles is 1. The number of anilines is 1. The van der Waals surface area contributed by atoms with E-state index in [1.807, 2.05) is 19.1 Å². The molecule has 0 bridgehead atoms. The molecule has 0 radical (unpaired) electrons. The van der Waals surface area contributed by atoms with Crippen molar-refractivity contribution in [1.82, 2.24) is 0 Å². The summed E-state index contributed by atoms with van der Waals surface area (Å²) in [7, 11) is 0. The molecule has 6 heteroatoms.